The Labute approximate surface area is 155 Å². The minimum atomic E-state index is -3.10. The van der Waals surface area contributed by atoms with E-state index in [1.165, 1.54) is 4.90 Å². The van der Waals surface area contributed by atoms with Gasteiger partial charge in [0.2, 0.25) is 11.8 Å². The number of benzene rings is 1. The van der Waals surface area contributed by atoms with Gasteiger partial charge in [-0.05, 0) is 45.2 Å². The number of nitrogens with one attached hydrogen (secondary N) is 1. The zero-order valence-corrected chi connectivity index (χ0v) is 16.7. The SMILES string of the molecule is CCc1ccccc1NC(=O)C(C)(C)C(=O)N(CC)C1CCS(=O)(=O)C1. The first kappa shape index (κ1) is 20.4. The fourth-order valence-corrected chi connectivity index (χ4v) is 5.00. The van der Waals surface area contributed by atoms with E-state index in [9.17, 15) is 18.0 Å². The van der Waals surface area contributed by atoms with Crippen LogP contribution >= 0.6 is 0 Å². The van der Waals surface area contributed by atoms with E-state index >= 15 is 0 Å². The standard InChI is InChI=1S/C19H28N2O4S/c1-5-14-9-7-8-10-16(14)20-17(22)19(3,4)18(23)21(6-2)15-11-12-26(24,25)13-15/h7-10,15H,5-6,11-13H2,1-4H3,(H,20,22). The van der Waals surface area contributed by atoms with Crippen LogP contribution in [0, 0.1) is 5.41 Å². The van der Waals surface area contributed by atoms with Crippen LogP contribution in [0.4, 0.5) is 5.69 Å². The van der Waals surface area contributed by atoms with Gasteiger partial charge < -0.3 is 10.2 Å². The average molecular weight is 381 g/mol. The zero-order chi connectivity index (χ0) is 19.5. The summed E-state index contributed by atoms with van der Waals surface area (Å²) in [7, 11) is -3.10. The number of nitrogens with zero attached hydrogens (tertiary/aromatic N) is 1. The number of anilines is 1. The van der Waals surface area contributed by atoms with E-state index in [0.29, 0.717) is 18.7 Å². The largest absolute Gasteiger partial charge is 0.338 e. The minimum Gasteiger partial charge on any atom is -0.338 e. The van der Waals surface area contributed by atoms with Gasteiger partial charge in [-0.2, -0.15) is 0 Å². The Kier molecular flexibility index (Phi) is 6.11. The first-order chi connectivity index (χ1) is 12.1. The minimum absolute atomic E-state index is 0.0249. The highest BCUT2D eigenvalue weighted by atomic mass is 32.2. The average Bonchev–Trinajstić information content (AvgIpc) is 2.95. The van der Waals surface area contributed by atoms with Gasteiger partial charge in [0.25, 0.3) is 0 Å². The molecule has 1 atom stereocenters. The van der Waals surface area contributed by atoms with E-state index < -0.39 is 15.3 Å². The Hall–Kier alpha value is -1.89. The lowest BCUT2D eigenvalue weighted by Gasteiger charge is -2.34. The summed E-state index contributed by atoms with van der Waals surface area (Å²) in [5.41, 5.74) is 0.411. The second kappa shape index (κ2) is 7.78. The summed E-state index contributed by atoms with van der Waals surface area (Å²) in [6.45, 7) is 7.36. The number of para-hydroxylation sites is 1. The van der Waals surface area contributed by atoms with Crippen molar-refractivity contribution in [1.29, 1.82) is 0 Å². The van der Waals surface area contributed by atoms with Crippen LogP contribution in [-0.2, 0) is 25.8 Å². The van der Waals surface area contributed by atoms with Crippen molar-refractivity contribution in [3.05, 3.63) is 29.8 Å². The molecular weight excluding hydrogens is 352 g/mol. The molecule has 1 aliphatic heterocycles. The van der Waals surface area contributed by atoms with Crippen LogP contribution in [-0.4, -0.2) is 49.2 Å². The van der Waals surface area contributed by atoms with Crippen molar-refractivity contribution in [3.63, 3.8) is 0 Å². The van der Waals surface area contributed by atoms with E-state index in [-0.39, 0.29) is 29.4 Å². The van der Waals surface area contributed by atoms with Crippen molar-refractivity contribution in [2.75, 3.05) is 23.4 Å². The van der Waals surface area contributed by atoms with Crippen LogP contribution in [0.25, 0.3) is 0 Å². The fraction of sp³-hybridized carbons (Fsp3) is 0.579. The predicted molar refractivity (Wildman–Crippen MR) is 103 cm³/mol. The number of aryl methyl sites for hydroxylation is 1. The molecule has 1 heterocycles. The summed E-state index contributed by atoms with van der Waals surface area (Å²) in [5.74, 6) is -0.655. The Balaban J connectivity index is 2.18. The smallest absolute Gasteiger partial charge is 0.239 e. The van der Waals surface area contributed by atoms with Crippen LogP contribution in [0.5, 0.6) is 0 Å². The Bertz CT molecular complexity index is 786. The van der Waals surface area contributed by atoms with Crippen molar-refractivity contribution >= 4 is 27.3 Å². The second-order valence-corrected chi connectivity index (χ2v) is 9.47. The van der Waals surface area contributed by atoms with Gasteiger partial charge in [-0.1, -0.05) is 25.1 Å². The molecule has 0 saturated carbocycles. The van der Waals surface area contributed by atoms with Crippen LogP contribution in [0.3, 0.4) is 0 Å². The third-order valence-corrected chi connectivity index (χ3v) is 6.75. The van der Waals surface area contributed by atoms with Crippen molar-refractivity contribution in [1.82, 2.24) is 4.90 Å². The van der Waals surface area contributed by atoms with Crippen LogP contribution in [0.1, 0.15) is 39.7 Å². The van der Waals surface area contributed by atoms with Crippen molar-refractivity contribution < 1.29 is 18.0 Å². The number of carbonyl (C=O) groups excluding carboxylic acids is 2. The predicted octanol–water partition coefficient (Wildman–Crippen LogP) is 2.25. The third-order valence-electron chi connectivity index (χ3n) is 5.00. The van der Waals surface area contributed by atoms with Gasteiger partial charge in [0, 0.05) is 18.3 Å². The molecule has 1 fully saturated rings. The van der Waals surface area contributed by atoms with Gasteiger partial charge in [-0.15, -0.1) is 0 Å². The number of amides is 2. The molecule has 1 aromatic rings. The maximum Gasteiger partial charge on any atom is 0.239 e. The fourth-order valence-electron chi connectivity index (χ4n) is 3.27. The van der Waals surface area contributed by atoms with Crippen LogP contribution in [0.15, 0.2) is 24.3 Å². The van der Waals surface area contributed by atoms with E-state index in [2.05, 4.69) is 5.32 Å². The normalized spacial score (nSPS) is 19.2. The number of carbonyl (C=O) groups is 2. The quantitative estimate of drug-likeness (QED) is 0.767. The summed E-state index contributed by atoms with van der Waals surface area (Å²) in [6.07, 6.45) is 1.20. The molecule has 2 rings (SSSR count). The number of rotatable bonds is 6. The first-order valence-electron chi connectivity index (χ1n) is 9.03. The molecule has 144 valence electrons. The summed E-state index contributed by atoms with van der Waals surface area (Å²) < 4.78 is 23.5. The zero-order valence-electron chi connectivity index (χ0n) is 15.9. The van der Waals surface area contributed by atoms with Gasteiger partial charge in [0.05, 0.1) is 11.5 Å². The molecule has 2 amide bonds. The third kappa shape index (κ3) is 4.26. The molecule has 1 unspecified atom stereocenters. The van der Waals surface area contributed by atoms with E-state index in [1.807, 2.05) is 38.1 Å². The van der Waals surface area contributed by atoms with Gasteiger partial charge in [0.1, 0.15) is 5.41 Å². The first-order valence-corrected chi connectivity index (χ1v) is 10.8. The Morgan fingerprint density at radius 2 is 1.88 bits per heavy atom. The topological polar surface area (TPSA) is 83.6 Å². The number of hydrogen-bond donors (Lipinski definition) is 1. The van der Waals surface area contributed by atoms with Gasteiger partial charge >= 0.3 is 0 Å². The summed E-state index contributed by atoms with van der Waals surface area (Å²) >= 11 is 0. The van der Waals surface area contributed by atoms with Gasteiger partial charge in [0.15, 0.2) is 9.84 Å². The molecule has 1 saturated heterocycles. The van der Waals surface area contributed by atoms with E-state index in [1.54, 1.807) is 13.8 Å². The summed E-state index contributed by atoms with van der Waals surface area (Å²) in [4.78, 5) is 27.4. The van der Waals surface area contributed by atoms with Crippen molar-refractivity contribution in [3.8, 4) is 0 Å². The molecule has 6 nitrogen and oxygen atoms in total. The molecule has 0 bridgehead atoms. The molecule has 0 aromatic heterocycles. The van der Waals surface area contributed by atoms with E-state index in [0.717, 1.165) is 12.0 Å². The lowest BCUT2D eigenvalue weighted by Crippen LogP contribution is -2.51. The highest BCUT2D eigenvalue weighted by Gasteiger charge is 2.43. The molecule has 1 aliphatic rings. The highest BCUT2D eigenvalue weighted by molar-refractivity contribution is 7.91. The number of hydrogen-bond acceptors (Lipinski definition) is 4. The molecule has 0 radical (unpaired) electrons. The molecule has 26 heavy (non-hydrogen) atoms. The van der Waals surface area contributed by atoms with Crippen LogP contribution < -0.4 is 5.32 Å². The maximum atomic E-state index is 13.1. The molecule has 0 spiro atoms. The Morgan fingerprint density at radius 3 is 2.42 bits per heavy atom. The maximum absolute atomic E-state index is 13.1. The van der Waals surface area contributed by atoms with Gasteiger partial charge in [-0.25, -0.2) is 8.42 Å². The van der Waals surface area contributed by atoms with Crippen molar-refractivity contribution in [2.24, 2.45) is 5.41 Å². The Morgan fingerprint density at radius 1 is 1.23 bits per heavy atom. The van der Waals surface area contributed by atoms with Gasteiger partial charge in [-0.3, -0.25) is 9.59 Å². The summed E-state index contributed by atoms with van der Waals surface area (Å²) in [5, 5.41) is 2.86. The second-order valence-electron chi connectivity index (χ2n) is 7.24. The number of sulfone groups is 1. The molecule has 0 aliphatic carbocycles. The monoisotopic (exact) mass is 380 g/mol. The molecular formula is C19H28N2O4S. The summed E-state index contributed by atoms with van der Waals surface area (Å²) in [6, 6.07) is 7.15. The van der Waals surface area contributed by atoms with Crippen LogP contribution in [0.2, 0.25) is 0 Å². The lowest BCUT2D eigenvalue weighted by molar-refractivity contribution is -0.147. The lowest BCUT2D eigenvalue weighted by atomic mass is 9.89. The van der Waals surface area contributed by atoms with E-state index in [4.69, 9.17) is 0 Å². The molecule has 1 N–H and O–H groups in total. The van der Waals surface area contributed by atoms with Crippen molar-refractivity contribution in [2.45, 2.75) is 46.6 Å². The highest BCUT2D eigenvalue weighted by Crippen LogP contribution is 2.27. The molecule has 1 aromatic carbocycles. The molecule has 7 heteroatoms.